The first-order chi connectivity index (χ1) is 14.7. The minimum atomic E-state index is 0.0954. The zero-order valence-electron chi connectivity index (χ0n) is 17.3. The van der Waals surface area contributed by atoms with Crippen LogP contribution in [0.5, 0.6) is 0 Å². The van der Waals surface area contributed by atoms with Crippen molar-refractivity contribution in [1.29, 1.82) is 0 Å². The van der Waals surface area contributed by atoms with Gasteiger partial charge in [-0.05, 0) is 44.0 Å². The number of hydrogen-bond acceptors (Lipinski definition) is 5. The second-order valence-electron chi connectivity index (χ2n) is 8.22. The van der Waals surface area contributed by atoms with Gasteiger partial charge in [0, 0.05) is 37.7 Å². The lowest BCUT2D eigenvalue weighted by Gasteiger charge is -2.31. The van der Waals surface area contributed by atoms with Gasteiger partial charge in [-0.15, -0.1) is 0 Å². The number of ether oxygens (including phenoxy) is 1. The molecule has 0 N–H and O–H groups in total. The highest BCUT2D eigenvalue weighted by atomic mass is 16.5. The summed E-state index contributed by atoms with van der Waals surface area (Å²) >= 11 is 0. The number of morpholine rings is 1. The van der Waals surface area contributed by atoms with Crippen LogP contribution in [0.2, 0.25) is 0 Å². The number of hydrogen-bond donors (Lipinski definition) is 0. The van der Waals surface area contributed by atoms with Crippen LogP contribution in [-0.4, -0.2) is 64.8 Å². The molecule has 0 bridgehead atoms. The minimum absolute atomic E-state index is 0.0954. The van der Waals surface area contributed by atoms with Crippen molar-refractivity contribution in [3.05, 3.63) is 59.5 Å². The number of carbonyl (C=O) groups excluding carboxylic acids is 1. The van der Waals surface area contributed by atoms with E-state index < -0.39 is 0 Å². The average molecular weight is 406 g/mol. The van der Waals surface area contributed by atoms with Gasteiger partial charge in [-0.25, -0.2) is 9.50 Å². The Hall–Kier alpha value is -2.93. The summed E-state index contributed by atoms with van der Waals surface area (Å²) in [7, 11) is 0. The Balaban J connectivity index is 1.34. The topological polar surface area (TPSA) is 63.0 Å². The summed E-state index contributed by atoms with van der Waals surface area (Å²) in [5, 5.41) is 4.78. The predicted molar refractivity (Wildman–Crippen MR) is 115 cm³/mol. The Morgan fingerprint density at radius 1 is 1.07 bits per heavy atom. The van der Waals surface area contributed by atoms with E-state index in [9.17, 15) is 4.79 Å². The summed E-state index contributed by atoms with van der Waals surface area (Å²) in [4.78, 5) is 22.0. The molecule has 156 valence electrons. The van der Waals surface area contributed by atoms with Crippen molar-refractivity contribution in [3.8, 4) is 0 Å². The van der Waals surface area contributed by atoms with E-state index in [1.165, 1.54) is 0 Å². The molecule has 1 amide bonds. The first-order valence-electron chi connectivity index (χ1n) is 10.7. The highest BCUT2D eigenvalue weighted by Gasteiger charge is 2.28. The summed E-state index contributed by atoms with van der Waals surface area (Å²) in [6.07, 6.45) is 4.02. The molecule has 2 fully saturated rings. The third-order valence-corrected chi connectivity index (χ3v) is 6.08. The Labute approximate surface area is 176 Å². The lowest BCUT2D eigenvalue weighted by molar-refractivity contribution is 0.0704. The Bertz CT molecular complexity index is 1040. The van der Waals surface area contributed by atoms with E-state index in [0.29, 0.717) is 6.54 Å². The Kier molecular flexibility index (Phi) is 5.12. The van der Waals surface area contributed by atoms with Crippen LogP contribution in [0.25, 0.3) is 5.65 Å². The molecule has 2 aromatic heterocycles. The Morgan fingerprint density at radius 2 is 1.87 bits per heavy atom. The van der Waals surface area contributed by atoms with Crippen molar-refractivity contribution in [3.63, 3.8) is 0 Å². The first kappa shape index (κ1) is 19.1. The maximum absolute atomic E-state index is 12.9. The highest BCUT2D eigenvalue weighted by Crippen LogP contribution is 2.27. The second kappa shape index (κ2) is 8.07. The summed E-state index contributed by atoms with van der Waals surface area (Å²) < 4.78 is 7.33. The van der Waals surface area contributed by atoms with Crippen LogP contribution in [0.4, 0.5) is 5.69 Å². The number of aryl methyl sites for hydroxylation is 1. The van der Waals surface area contributed by atoms with Crippen molar-refractivity contribution < 1.29 is 9.53 Å². The molecule has 7 nitrogen and oxygen atoms in total. The SMILES string of the molecule is Cc1ccc(C(=O)N2CCCC(c3nc4ccc(N5CCOCC5)cn4n3)C2)cc1. The van der Waals surface area contributed by atoms with E-state index in [4.69, 9.17) is 14.8 Å². The molecule has 7 heteroatoms. The lowest BCUT2D eigenvalue weighted by atomic mass is 9.96. The van der Waals surface area contributed by atoms with Gasteiger partial charge in [0.05, 0.1) is 25.1 Å². The number of benzene rings is 1. The number of likely N-dealkylation sites (tertiary alicyclic amines) is 1. The van der Waals surface area contributed by atoms with Gasteiger partial charge in [0.25, 0.3) is 5.91 Å². The number of piperidine rings is 1. The van der Waals surface area contributed by atoms with Gasteiger partial charge in [-0.1, -0.05) is 17.7 Å². The first-order valence-corrected chi connectivity index (χ1v) is 10.7. The summed E-state index contributed by atoms with van der Waals surface area (Å²) in [5.41, 5.74) is 3.90. The molecule has 0 spiro atoms. The fraction of sp³-hybridized carbons (Fsp3) is 0.435. The maximum atomic E-state index is 12.9. The van der Waals surface area contributed by atoms with Crippen molar-refractivity contribution in [2.24, 2.45) is 0 Å². The van der Waals surface area contributed by atoms with E-state index in [2.05, 4.69) is 17.2 Å². The van der Waals surface area contributed by atoms with Gasteiger partial charge in [0.1, 0.15) is 0 Å². The second-order valence-corrected chi connectivity index (χ2v) is 8.22. The molecular formula is C23H27N5O2. The quantitative estimate of drug-likeness (QED) is 0.671. The molecule has 4 heterocycles. The molecule has 0 radical (unpaired) electrons. The molecule has 0 saturated carbocycles. The van der Waals surface area contributed by atoms with E-state index in [1.807, 2.05) is 46.7 Å². The van der Waals surface area contributed by atoms with Gasteiger partial charge in [-0.3, -0.25) is 4.79 Å². The summed E-state index contributed by atoms with van der Waals surface area (Å²) in [6.45, 7) is 6.79. The van der Waals surface area contributed by atoms with Gasteiger partial charge in [0.2, 0.25) is 0 Å². The molecule has 1 atom stereocenters. The molecule has 3 aromatic rings. The molecular weight excluding hydrogens is 378 g/mol. The van der Waals surface area contributed by atoms with Gasteiger partial charge in [0.15, 0.2) is 11.5 Å². The standard InChI is InChI=1S/C23H27N5O2/c1-17-4-6-18(7-5-17)23(29)27-10-2-3-19(15-27)22-24-21-9-8-20(16-28(21)25-22)26-11-13-30-14-12-26/h4-9,16,19H,2-3,10-15H2,1H3. The fourth-order valence-electron chi connectivity index (χ4n) is 4.32. The largest absolute Gasteiger partial charge is 0.378 e. The van der Waals surface area contributed by atoms with Gasteiger partial charge >= 0.3 is 0 Å². The number of pyridine rings is 1. The predicted octanol–water partition coefficient (Wildman–Crippen LogP) is 2.89. The zero-order valence-corrected chi connectivity index (χ0v) is 17.3. The van der Waals surface area contributed by atoms with Crippen molar-refractivity contribution in [1.82, 2.24) is 19.5 Å². The van der Waals surface area contributed by atoms with Gasteiger partial charge in [-0.2, -0.15) is 5.10 Å². The lowest BCUT2D eigenvalue weighted by Crippen LogP contribution is -2.39. The summed E-state index contributed by atoms with van der Waals surface area (Å²) in [6, 6.07) is 11.9. The third kappa shape index (κ3) is 3.77. The Morgan fingerprint density at radius 3 is 2.67 bits per heavy atom. The van der Waals surface area contributed by atoms with Crippen LogP contribution in [0, 0.1) is 6.92 Å². The van der Waals surface area contributed by atoms with Crippen LogP contribution in [-0.2, 0) is 4.74 Å². The van der Waals surface area contributed by atoms with E-state index in [-0.39, 0.29) is 11.8 Å². The van der Waals surface area contributed by atoms with Crippen LogP contribution in [0.15, 0.2) is 42.6 Å². The highest BCUT2D eigenvalue weighted by molar-refractivity contribution is 5.94. The molecule has 30 heavy (non-hydrogen) atoms. The number of aromatic nitrogens is 3. The van der Waals surface area contributed by atoms with Crippen LogP contribution < -0.4 is 4.90 Å². The molecule has 2 saturated heterocycles. The maximum Gasteiger partial charge on any atom is 0.253 e. The van der Waals surface area contributed by atoms with E-state index in [1.54, 1.807) is 0 Å². The molecule has 1 aromatic carbocycles. The van der Waals surface area contributed by atoms with Crippen molar-refractivity contribution in [2.75, 3.05) is 44.3 Å². The average Bonchev–Trinajstić information content (AvgIpc) is 3.23. The number of carbonyl (C=O) groups is 1. The number of fused-ring (bicyclic) bond motifs is 1. The van der Waals surface area contributed by atoms with Crippen LogP contribution in [0.3, 0.4) is 0 Å². The fourth-order valence-corrected chi connectivity index (χ4v) is 4.32. The van der Waals surface area contributed by atoms with Gasteiger partial charge < -0.3 is 14.5 Å². The normalized spacial score (nSPS) is 20.0. The van der Waals surface area contributed by atoms with Crippen LogP contribution in [0.1, 0.15) is 40.5 Å². The molecule has 2 aliphatic rings. The monoisotopic (exact) mass is 405 g/mol. The molecule has 0 aliphatic carbocycles. The molecule has 2 aliphatic heterocycles. The number of amides is 1. The molecule has 1 unspecified atom stereocenters. The van der Waals surface area contributed by atoms with E-state index in [0.717, 1.165) is 74.0 Å². The minimum Gasteiger partial charge on any atom is -0.378 e. The summed E-state index contributed by atoms with van der Waals surface area (Å²) in [5.74, 6) is 1.09. The molecule has 5 rings (SSSR count). The number of nitrogens with zero attached hydrogens (tertiary/aromatic N) is 5. The smallest absolute Gasteiger partial charge is 0.253 e. The third-order valence-electron chi connectivity index (χ3n) is 6.08. The van der Waals surface area contributed by atoms with Crippen molar-refractivity contribution >= 4 is 17.2 Å². The zero-order chi connectivity index (χ0) is 20.5. The number of anilines is 1. The van der Waals surface area contributed by atoms with Crippen molar-refractivity contribution in [2.45, 2.75) is 25.7 Å². The number of rotatable bonds is 3. The van der Waals surface area contributed by atoms with E-state index >= 15 is 0 Å². The van der Waals surface area contributed by atoms with Crippen LogP contribution >= 0.6 is 0 Å².